The molecule has 0 aliphatic carbocycles. The third-order valence-electron chi connectivity index (χ3n) is 3.05. The first kappa shape index (κ1) is 18.5. The van der Waals surface area contributed by atoms with Crippen LogP contribution in [-0.2, 0) is 19.4 Å². The Morgan fingerprint density at radius 1 is 1.08 bits per heavy atom. The Kier molecular flexibility index (Phi) is 6.79. The predicted molar refractivity (Wildman–Crippen MR) is 94.8 cm³/mol. The quantitative estimate of drug-likeness (QED) is 0.496. The van der Waals surface area contributed by atoms with Gasteiger partial charge in [-0.05, 0) is 0 Å². The fourth-order valence-electron chi connectivity index (χ4n) is 1.87. The van der Waals surface area contributed by atoms with E-state index in [2.05, 4.69) is 0 Å². The molecule has 0 fully saturated rings. The molecule has 0 saturated heterocycles. The fraction of sp³-hybridized carbons (Fsp3) is 0.167. The van der Waals surface area contributed by atoms with Crippen LogP contribution in [0.4, 0.5) is 0 Å². The molecule has 0 N–H and O–H groups in total. The number of hydrogen-bond acceptors (Lipinski definition) is 4. The van der Waals surface area contributed by atoms with Crippen molar-refractivity contribution in [3.8, 4) is 0 Å². The van der Waals surface area contributed by atoms with Crippen LogP contribution in [-0.4, -0.2) is 34.2 Å². The molecule has 0 bridgehead atoms. The van der Waals surface area contributed by atoms with Gasteiger partial charge >= 0.3 is 149 Å². The first-order chi connectivity index (χ1) is 11.5. The molecule has 126 valence electrons. The molecule has 0 aliphatic rings. The Labute approximate surface area is 148 Å². The summed E-state index contributed by atoms with van der Waals surface area (Å²) in [7, 11) is -3.52. The summed E-state index contributed by atoms with van der Waals surface area (Å²) in [5.41, 5.74) is 0. The van der Waals surface area contributed by atoms with E-state index in [0.29, 0.717) is 0 Å². The van der Waals surface area contributed by atoms with E-state index >= 15 is 0 Å². The van der Waals surface area contributed by atoms with E-state index in [9.17, 15) is 13.2 Å². The first-order valence-electron chi connectivity index (χ1n) is 7.35. The summed E-state index contributed by atoms with van der Waals surface area (Å²) in [5.74, 6) is 0. The van der Waals surface area contributed by atoms with E-state index in [4.69, 9.17) is 4.74 Å². The Hall–Kier alpha value is -1.88. The van der Waals surface area contributed by atoms with Crippen molar-refractivity contribution in [3.63, 3.8) is 0 Å². The van der Waals surface area contributed by atoms with Gasteiger partial charge in [0.05, 0.1) is 0 Å². The third kappa shape index (κ3) is 5.96. The van der Waals surface area contributed by atoms with Crippen molar-refractivity contribution in [1.82, 2.24) is 0 Å². The fourth-order valence-corrected chi connectivity index (χ4v) is 4.61. The molecule has 0 spiro atoms. The second kappa shape index (κ2) is 8.83. The second-order valence-corrected chi connectivity index (χ2v) is 9.27. The van der Waals surface area contributed by atoms with Gasteiger partial charge in [0.15, 0.2) is 0 Å². The molecule has 0 aromatic heterocycles. The molecule has 6 heteroatoms. The van der Waals surface area contributed by atoms with Gasteiger partial charge in [0, 0.05) is 0 Å². The van der Waals surface area contributed by atoms with Crippen molar-refractivity contribution in [3.05, 3.63) is 72.3 Å². The third-order valence-corrected chi connectivity index (χ3v) is 6.34. The second-order valence-electron chi connectivity index (χ2n) is 5.07. The monoisotopic (exact) mass is 410 g/mol. The Morgan fingerprint density at radius 2 is 1.67 bits per heavy atom. The SMILES string of the molecule is CC(CC(=O)[Se]c1ccccc1)O/C=C/S(=O)(=O)c1ccccc1. The van der Waals surface area contributed by atoms with Gasteiger partial charge in [-0.25, -0.2) is 0 Å². The van der Waals surface area contributed by atoms with Crippen molar-refractivity contribution in [2.24, 2.45) is 0 Å². The summed E-state index contributed by atoms with van der Waals surface area (Å²) in [6, 6.07) is 17.7. The maximum absolute atomic E-state index is 12.0. The zero-order valence-electron chi connectivity index (χ0n) is 13.2. The molecule has 0 radical (unpaired) electrons. The van der Waals surface area contributed by atoms with Crippen molar-refractivity contribution < 1.29 is 17.9 Å². The van der Waals surface area contributed by atoms with Crippen LogP contribution in [0.2, 0.25) is 0 Å². The number of ether oxygens (including phenoxy) is 1. The average molecular weight is 409 g/mol. The van der Waals surface area contributed by atoms with E-state index < -0.39 is 9.84 Å². The van der Waals surface area contributed by atoms with Crippen molar-refractivity contribution >= 4 is 33.9 Å². The molecule has 4 nitrogen and oxygen atoms in total. The molecular weight excluding hydrogens is 391 g/mol. The number of carbonyl (C=O) groups is 1. The van der Waals surface area contributed by atoms with Gasteiger partial charge in [0.25, 0.3) is 0 Å². The topological polar surface area (TPSA) is 60.4 Å². The molecule has 2 rings (SSSR count). The minimum absolute atomic E-state index is 0.112. The minimum atomic E-state index is -3.52. The van der Waals surface area contributed by atoms with Crippen LogP contribution < -0.4 is 4.46 Å². The van der Waals surface area contributed by atoms with Gasteiger partial charge in [0.2, 0.25) is 0 Å². The average Bonchev–Trinajstić information content (AvgIpc) is 2.56. The number of benzene rings is 2. The zero-order chi connectivity index (χ0) is 17.4. The van der Waals surface area contributed by atoms with Gasteiger partial charge in [-0.2, -0.15) is 0 Å². The zero-order valence-corrected chi connectivity index (χ0v) is 15.7. The normalized spacial score (nSPS) is 12.9. The van der Waals surface area contributed by atoms with Crippen LogP contribution >= 0.6 is 0 Å². The molecular formula is C18H18O4SSe. The Morgan fingerprint density at radius 3 is 2.29 bits per heavy atom. The first-order valence-corrected chi connectivity index (χ1v) is 10.6. The van der Waals surface area contributed by atoms with Crippen LogP contribution in [0.15, 0.2) is 77.2 Å². The molecule has 0 aliphatic heterocycles. The molecule has 0 saturated carbocycles. The van der Waals surface area contributed by atoms with Crippen molar-refractivity contribution in [2.45, 2.75) is 24.3 Å². The molecule has 24 heavy (non-hydrogen) atoms. The number of rotatable bonds is 8. The van der Waals surface area contributed by atoms with E-state index in [-0.39, 0.29) is 37.1 Å². The number of carbonyl (C=O) groups excluding carboxylic acids is 1. The molecule has 2 aromatic rings. The van der Waals surface area contributed by atoms with Gasteiger partial charge in [-0.1, -0.05) is 0 Å². The van der Waals surface area contributed by atoms with Crippen LogP contribution in [0.3, 0.4) is 0 Å². The standard InChI is InChI=1S/C18H18O4SSe/c1-15(14-18(19)24-17-10-6-3-7-11-17)22-12-13-23(20,21)16-8-4-2-5-9-16/h2-13,15H,14H2,1H3/b13-12+. The number of sulfone groups is 1. The summed E-state index contributed by atoms with van der Waals surface area (Å²) in [5, 5.41) is 1.02. The van der Waals surface area contributed by atoms with E-state index in [1.165, 1.54) is 12.1 Å². The maximum atomic E-state index is 12.0. The summed E-state index contributed by atoms with van der Waals surface area (Å²) in [6.45, 7) is 1.75. The van der Waals surface area contributed by atoms with Gasteiger partial charge in [-0.15, -0.1) is 0 Å². The van der Waals surface area contributed by atoms with E-state index in [0.717, 1.165) is 16.1 Å². The Bertz CT molecular complexity index is 786. The van der Waals surface area contributed by atoms with Crippen LogP contribution in [0, 0.1) is 0 Å². The summed E-state index contributed by atoms with van der Waals surface area (Å²) < 4.78 is 30.6. The summed E-state index contributed by atoms with van der Waals surface area (Å²) in [4.78, 5) is 12.2. The molecule has 1 atom stereocenters. The molecule has 1 unspecified atom stereocenters. The van der Waals surface area contributed by atoms with E-state index in [1.54, 1.807) is 25.1 Å². The summed E-state index contributed by atoms with van der Waals surface area (Å²) in [6.07, 6.45) is 1.03. The van der Waals surface area contributed by atoms with Crippen LogP contribution in [0.5, 0.6) is 0 Å². The van der Waals surface area contributed by atoms with Crippen molar-refractivity contribution in [2.75, 3.05) is 0 Å². The van der Waals surface area contributed by atoms with Gasteiger partial charge in [0.1, 0.15) is 0 Å². The van der Waals surface area contributed by atoms with Crippen LogP contribution in [0.1, 0.15) is 13.3 Å². The van der Waals surface area contributed by atoms with E-state index in [1.807, 2.05) is 30.3 Å². The summed E-state index contributed by atoms with van der Waals surface area (Å²) >= 11 is -0.251. The Balaban J connectivity index is 1.84. The van der Waals surface area contributed by atoms with Gasteiger partial charge < -0.3 is 0 Å². The predicted octanol–water partition coefficient (Wildman–Crippen LogP) is 2.28. The molecule has 0 amide bonds. The van der Waals surface area contributed by atoms with Gasteiger partial charge in [-0.3, -0.25) is 0 Å². The molecule has 0 heterocycles. The number of hydrogen-bond donors (Lipinski definition) is 0. The van der Waals surface area contributed by atoms with Crippen molar-refractivity contribution in [1.29, 1.82) is 0 Å². The van der Waals surface area contributed by atoms with Crippen LogP contribution in [0.25, 0.3) is 0 Å². The molecule has 2 aromatic carbocycles.